The maximum Gasteiger partial charge on any atom is 0.256 e. The van der Waals surface area contributed by atoms with E-state index in [-0.39, 0.29) is 23.1 Å². The zero-order valence-corrected chi connectivity index (χ0v) is 19.8. The van der Waals surface area contributed by atoms with Gasteiger partial charge in [-0.2, -0.15) is 0 Å². The monoisotopic (exact) mass is 469 g/mol. The minimum Gasteiger partial charge on any atom is -0.506 e. The molecular weight excluding hydrogens is 438 g/mol. The van der Waals surface area contributed by atoms with Crippen LogP contribution in [-0.4, -0.2) is 52.8 Å². The van der Waals surface area contributed by atoms with E-state index < -0.39 is 0 Å². The predicted molar refractivity (Wildman–Crippen MR) is 125 cm³/mol. The average molecular weight is 470 g/mol. The molecule has 9 heteroatoms. The maximum absolute atomic E-state index is 11.5. The van der Waals surface area contributed by atoms with E-state index in [4.69, 9.17) is 18.6 Å². The topological polar surface area (TPSA) is 120 Å². The zero-order valence-electron chi connectivity index (χ0n) is 19.8. The number of hydrogen-bond acceptors (Lipinski definition) is 9. The van der Waals surface area contributed by atoms with Crippen LogP contribution < -0.4 is 9.47 Å². The third-order valence-electron chi connectivity index (χ3n) is 6.16. The van der Waals surface area contributed by atoms with Gasteiger partial charge >= 0.3 is 0 Å². The lowest BCUT2D eigenvalue weighted by Gasteiger charge is -2.20. The molecule has 0 atom stereocenters. The number of hydrogen-bond donors (Lipinski definition) is 2. The van der Waals surface area contributed by atoms with Crippen LogP contribution in [0.4, 0.5) is 0 Å². The first-order valence-corrected chi connectivity index (χ1v) is 11.6. The summed E-state index contributed by atoms with van der Waals surface area (Å²) in [5.41, 5.74) is 1.49. The second kappa shape index (κ2) is 10.7. The molecule has 0 unspecified atom stereocenters. The second-order valence-corrected chi connectivity index (χ2v) is 8.38. The third kappa shape index (κ3) is 4.79. The lowest BCUT2D eigenvalue weighted by molar-refractivity contribution is 0.0647. The first-order chi connectivity index (χ1) is 16.6. The van der Waals surface area contributed by atoms with Crippen LogP contribution >= 0.6 is 0 Å². The van der Waals surface area contributed by atoms with Crippen molar-refractivity contribution < 1.29 is 28.8 Å². The van der Waals surface area contributed by atoms with Gasteiger partial charge in [0.05, 0.1) is 31.0 Å². The molecule has 3 heterocycles. The van der Waals surface area contributed by atoms with Gasteiger partial charge in [-0.25, -0.2) is 4.98 Å². The Morgan fingerprint density at radius 1 is 1.00 bits per heavy atom. The molecule has 9 nitrogen and oxygen atoms in total. The van der Waals surface area contributed by atoms with E-state index in [0.29, 0.717) is 53.0 Å². The Bertz CT molecular complexity index is 1100. The normalized spacial score (nSPS) is 14.3. The summed E-state index contributed by atoms with van der Waals surface area (Å²) >= 11 is 0. The van der Waals surface area contributed by atoms with Crippen LogP contribution in [-0.2, 0) is 17.6 Å². The molecule has 0 saturated carbocycles. The van der Waals surface area contributed by atoms with E-state index in [1.165, 1.54) is 0 Å². The van der Waals surface area contributed by atoms with Crippen molar-refractivity contribution in [1.29, 1.82) is 0 Å². The van der Waals surface area contributed by atoms with Crippen molar-refractivity contribution in [2.24, 2.45) is 5.92 Å². The third-order valence-corrected chi connectivity index (χ3v) is 6.16. The van der Waals surface area contributed by atoms with E-state index in [1.54, 1.807) is 32.4 Å². The first-order valence-electron chi connectivity index (χ1n) is 11.6. The van der Waals surface area contributed by atoms with Gasteiger partial charge in [-0.05, 0) is 43.7 Å². The number of rotatable bonds is 9. The Balaban J connectivity index is 1.82. The van der Waals surface area contributed by atoms with Crippen molar-refractivity contribution in [3.63, 3.8) is 0 Å². The fourth-order valence-corrected chi connectivity index (χ4v) is 4.32. The van der Waals surface area contributed by atoms with Crippen LogP contribution in [0.25, 0.3) is 22.6 Å². The number of nitrogens with zero attached hydrogens (tertiary/aromatic N) is 3. The van der Waals surface area contributed by atoms with E-state index in [2.05, 4.69) is 22.1 Å². The summed E-state index contributed by atoms with van der Waals surface area (Å²) in [5, 5.41) is 30.5. The summed E-state index contributed by atoms with van der Waals surface area (Å²) in [5.74, 6) is 1.32. The highest BCUT2D eigenvalue weighted by Gasteiger charge is 2.29. The van der Waals surface area contributed by atoms with Crippen molar-refractivity contribution in [3.8, 4) is 45.7 Å². The van der Waals surface area contributed by atoms with Crippen molar-refractivity contribution in [1.82, 2.24) is 15.2 Å². The number of aryl methyl sites for hydroxylation is 1. The Hall–Kier alpha value is -3.33. The van der Waals surface area contributed by atoms with Gasteiger partial charge in [-0.1, -0.05) is 19.4 Å². The molecule has 1 aromatic carbocycles. The van der Waals surface area contributed by atoms with Gasteiger partial charge in [0.25, 0.3) is 5.89 Å². The molecule has 3 aromatic rings. The summed E-state index contributed by atoms with van der Waals surface area (Å²) < 4.78 is 22.4. The lowest BCUT2D eigenvalue weighted by atomic mass is 9.95. The molecule has 0 spiro atoms. The number of benzene rings is 1. The number of aromatic nitrogens is 3. The minimum absolute atomic E-state index is 0.00562. The van der Waals surface area contributed by atoms with Crippen LogP contribution in [0.3, 0.4) is 0 Å². The number of methoxy groups -OCH3 is 2. The van der Waals surface area contributed by atoms with Crippen molar-refractivity contribution in [3.05, 3.63) is 29.8 Å². The Morgan fingerprint density at radius 2 is 1.71 bits per heavy atom. The van der Waals surface area contributed by atoms with Crippen LogP contribution in [0.5, 0.6) is 23.1 Å². The molecule has 0 radical (unpaired) electrons. The summed E-state index contributed by atoms with van der Waals surface area (Å²) in [4.78, 5) is 4.44. The summed E-state index contributed by atoms with van der Waals surface area (Å²) in [6.07, 6.45) is 4.78. The number of pyridine rings is 1. The molecule has 2 N–H and O–H groups in total. The SMILES string of the molecule is CCCCc1nc(O)c(-c2nnc(CC3CCOCC3)o2)c(O)c1-c1c(OC)cccc1OC. The quantitative estimate of drug-likeness (QED) is 0.465. The van der Waals surface area contributed by atoms with Crippen LogP contribution in [0.1, 0.15) is 44.2 Å². The molecule has 0 bridgehead atoms. The smallest absolute Gasteiger partial charge is 0.256 e. The highest BCUT2D eigenvalue weighted by atomic mass is 16.5. The molecule has 1 aliphatic heterocycles. The van der Waals surface area contributed by atoms with Crippen molar-refractivity contribution in [2.45, 2.75) is 45.4 Å². The van der Waals surface area contributed by atoms with Gasteiger partial charge in [-0.15, -0.1) is 10.2 Å². The Morgan fingerprint density at radius 3 is 2.35 bits per heavy atom. The van der Waals surface area contributed by atoms with Crippen LogP contribution in [0, 0.1) is 5.92 Å². The largest absolute Gasteiger partial charge is 0.506 e. The fourth-order valence-electron chi connectivity index (χ4n) is 4.32. The summed E-state index contributed by atoms with van der Waals surface area (Å²) in [6.45, 7) is 3.51. The first kappa shape index (κ1) is 23.8. The van der Waals surface area contributed by atoms with Crippen molar-refractivity contribution >= 4 is 0 Å². The zero-order chi connectivity index (χ0) is 24.1. The van der Waals surface area contributed by atoms with E-state index >= 15 is 0 Å². The number of unbranched alkanes of at least 4 members (excludes halogenated alkanes) is 1. The summed E-state index contributed by atoms with van der Waals surface area (Å²) in [6, 6.07) is 5.37. The molecule has 1 aliphatic rings. The molecule has 34 heavy (non-hydrogen) atoms. The van der Waals surface area contributed by atoms with Gasteiger partial charge in [0.2, 0.25) is 11.8 Å². The molecule has 1 fully saturated rings. The van der Waals surface area contributed by atoms with E-state index in [9.17, 15) is 10.2 Å². The van der Waals surface area contributed by atoms with Crippen molar-refractivity contribution in [2.75, 3.05) is 27.4 Å². The molecule has 0 aliphatic carbocycles. The molecule has 0 amide bonds. The van der Waals surface area contributed by atoms with E-state index in [1.807, 2.05) is 0 Å². The van der Waals surface area contributed by atoms with Crippen LogP contribution in [0.15, 0.2) is 22.6 Å². The maximum atomic E-state index is 11.5. The van der Waals surface area contributed by atoms with Gasteiger partial charge in [-0.3, -0.25) is 0 Å². The number of ether oxygens (including phenoxy) is 3. The fraction of sp³-hybridized carbons (Fsp3) is 0.480. The molecular formula is C25H31N3O6. The van der Waals surface area contributed by atoms with Gasteiger partial charge < -0.3 is 28.8 Å². The minimum atomic E-state index is -0.359. The van der Waals surface area contributed by atoms with Crippen LogP contribution in [0.2, 0.25) is 0 Å². The number of aromatic hydroxyl groups is 2. The Labute approximate surface area is 198 Å². The van der Waals surface area contributed by atoms with Gasteiger partial charge in [0.1, 0.15) is 22.8 Å². The average Bonchev–Trinajstić information content (AvgIpc) is 3.30. The summed E-state index contributed by atoms with van der Waals surface area (Å²) in [7, 11) is 3.10. The lowest BCUT2D eigenvalue weighted by Crippen LogP contribution is -2.17. The van der Waals surface area contributed by atoms with E-state index in [0.717, 1.165) is 38.9 Å². The molecule has 182 valence electrons. The standard InChI is InChI=1S/C25H31N3O6/c1-4-5-7-16-20(21-17(31-2)8-6-9-18(21)32-3)23(29)22(24(30)26-16)25-28-27-19(34-25)14-15-10-12-33-13-11-15/h6,8-9,15H,4-5,7,10-14H2,1-3H3,(H2,26,29,30). The molecule has 1 saturated heterocycles. The predicted octanol–water partition coefficient (Wildman–Crippen LogP) is 4.54. The second-order valence-electron chi connectivity index (χ2n) is 8.38. The molecule has 2 aromatic heterocycles. The molecule has 4 rings (SSSR count). The highest BCUT2D eigenvalue weighted by Crippen LogP contribution is 2.49. The van der Waals surface area contributed by atoms with Gasteiger partial charge in [0.15, 0.2) is 0 Å². The van der Waals surface area contributed by atoms with Gasteiger partial charge in [0, 0.05) is 19.6 Å². The highest BCUT2D eigenvalue weighted by molar-refractivity contribution is 5.88. The Kier molecular flexibility index (Phi) is 7.52.